The number of hydrogen-bond donors (Lipinski definition) is 0. The summed E-state index contributed by atoms with van der Waals surface area (Å²) in [7, 11) is 5.77. The number of hydrogen-bond acceptors (Lipinski definition) is 5. The van der Waals surface area contributed by atoms with Gasteiger partial charge in [-0.2, -0.15) is 4.98 Å². The number of para-hydroxylation sites is 1. The monoisotopic (exact) mass is 386 g/mol. The highest BCUT2D eigenvalue weighted by Crippen LogP contribution is 2.29. The number of carbonyl (C=O) groups excluding carboxylic acids is 1. The summed E-state index contributed by atoms with van der Waals surface area (Å²) in [5.41, 5.74) is 2.90. The zero-order valence-corrected chi connectivity index (χ0v) is 17.0. The van der Waals surface area contributed by atoms with Gasteiger partial charge < -0.3 is 9.80 Å². The number of nitrogens with zero attached hydrogens (tertiary/aromatic N) is 4. The van der Waals surface area contributed by atoms with Crippen molar-refractivity contribution >= 4 is 23.4 Å². The maximum Gasteiger partial charge on any atom is 0.348 e. The lowest BCUT2D eigenvalue weighted by atomic mass is 10.2. The molecule has 1 aliphatic carbocycles. The molecule has 1 amide bonds. The second-order valence-electron chi connectivity index (χ2n) is 7.01. The Morgan fingerprint density at radius 3 is 2.63 bits per heavy atom. The van der Waals surface area contributed by atoms with Crippen LogP contribution in [0.15, 0.2) is 40.2 Å². The van der Waals surface area contributed by atoms with Crippen LogP contribution in [0.4, 0.5) is 5.69 Å². The molecule has 1 aromatic carbocycles. The Morgan fingerprint density at radius 2 is 1.93 bits per heavy atom. The van der Waals surface area contributed by atoms with Crippen LogP contribution < -0.4 is 10.6 Å². The first-order valence-electron chi connectivity index (χ1n) is 9.19. The molecule has 3 rings (SSSR count). The zero-order chi connectivity index (χ0) is 19.4. The van der Waals surface area contributed by atoms with Crippen molar-refractivity contribution < 1.29 is 4.79 Å². The fraction of sp³-hybridized carbons (Fsp3) is 0.450. The zero-order valence-electron chi connectivity index (χ0n) is 16.1. The van der Waals surface area contributed by atoms with Gasteiger partial charge in [0.1, 0.15) is 5.03 Å². The molecule has 144 valence electrons. The molecule has 2 aromatic rings. The third kappa shape index (κ3) is 4.59. The largest absolute Gasteiger partial charge is 0.348 e. The van der Waals surface area contributed by atoms with Crippen LogP contribution in [0.1, 0.15) is 17.7 Å². The Bertz CT molecular complexity index is 864. The number of thioether (sulfide) groups is 1. The Balaban J connectivity index is 1.74. The van der Waals surface area contributed by atoms with E-state index in [0.29, 0.717) is 6.54 Å². The Morgan fingerprint density at radius 1 is 1.19 bits per heavy atom. The van der Waals surface area contributed by atoms with Crippen LogP contribution in [0, 0.1) is 0 Å². The van der Waals surface area contributed by atoms with Gasteiger partial charge in [0.15, 0.2) is 0 Å². The highest BCUT2D eigenvalue weighted by molar-refractivity contribution is 8.00. The molecule has 1 aliphatic rings. The smallest absolute Gasteiger partial charge is 0.315 e. The maximum atomic E-state index is 12.5. The average Bonchev–Trinajstić information content (AvgIpc) is 3.15. The molecular weight excluding hydrogens is 360 g/mol. The first-order valence-corrected chi connectivity index (χ1v) is 10.2. The third-order valence-corrected chi connectivity index (χ3v) is 5.82. The number of aromatic nitrogens is 2. The molecule has 0 atom stereocenters. The second-order valence-corrected chi connectivity index (χ2v) is 7.97. The minimum atomic E-state index is -0.205. The molecule has 1 heterocycles. The molecule has 1 aromatic heterocycles. The summed E-state index contributed by atoms with van der Waals surface area (Å²) < 4.78 is 1.81. The van der Waals surface area contributed by atoms with E-state index in [0.717, 1.165) is 47.8 Å². The van der Waals surface area contributed by atoms with Gasteiger partial charge in [0.2, 0.25) is 5.91 Å². The third-order valence-electron chi connectivity index (χ3n) is 4.82. The number of benzene rings is 1. The lowest BCUT2D eigenvalue weighted by molar-refractivity contribution is -0.115. The summed E-state index contributed by atoms with van der Waals surface area (Å²) in [5.74, 6) is 0.267. The summed E-state index contributed by atoms with van der Waals surface area (Å²) >= 11 is 1.38. The van der Waals surface area contributed by atoms with Gasteiger partial charge in [-0.05, 0) is 45.5 Å². The van der Waals surface area contributed by atoms with Crippen LogP contribution in [-0.4, -0.2) is 53.8 Å². The summed E-state index contributed by atoms with van der Waals surface area (Å²) in [4.78, 5) is 33.1. The van der Waals surface area contributed by atoms with Gasteiger partial charge in [0.05, 0.1) is 5.75 Å². The van der Waals surface area contributed by atoms with Crippen molar-refractivity contribution in [3.05, 3.63) is 52.1 Å². The van der Waals surface area contributed by atoms with Crippen LogP contribution in [0.3, 0.4) is 0 Å². The lowest BCUT2D eigenvalue weighted by Gasteiger charge is -2.18. The van der Waals surface area contributed by atoms with Crippen LogP contribution in [0.5, 0.6) is 0 Å². The minimum absolute atomic E-state index is 0.00321. The minimum Gasteiger partial charge on any atom is -0.315 e. The van der Waals surface area contributed by atoms with Crippen LogP contribution in [0.2, 0.25) is 0 Å². The van der Waals surface area contributed by atoms with E-state index in [1.54, 1.807) is 11.9 Å². The van der Waals surface area contributed by atoms with Crippen molar-refractivity contribution in [1.82, 2.24) is 14.5 Å². The molecular formula is C20H26N4O2S. The molecule has 0 radical (unpaired) electrons. The van der Waals surface area contributed by atoms with E-state index < -0.39 is 0 Å². The number of rotatable bonds is 7. The predicted molar refractivity (Wildman–Crippen MR) is 110 cm³/mol. The molecule has 0 aliphatic heterocycles. The molecule has 0 spiro atoms. The molecule has 0 saturated heterocycles. The number of anilines is 1. The van der Waals surface area contributed by atoms with Gasteiger partial charge in [-0.1, -0.05) is 30.0 Å². The highest BCUT2D eigenvalue weighted by Gasteiger charge is 2.23. The first-order chi connectivity index (χ1) is 13.0. The lowest BCUT2D eigenvalue weighted by Crippen LogP contribution is -2.32. The molecule has 0 bridgehead atoms. The number of likely N-dealkylation sites (N-methyl/N-ethyl adjacent to an activating group) is 1. The van der Waals surface area contributed by atoms with Crippen LogP contribution in [-0.2, 0) is 24.2 Å². The summed E-state index contributed by atoms with van der Waals surface area (Å²) in [6, 6.07) is 9.56. The Kier molecular flexibility index (Phi) is 6.34. The van der Waals surface area contributed by atoms with Gasteiger partial charge in [-0.25, -0.2) is 4.79 Å². The maximum absolute atomic E-state index is 12.5. The number of amides is 1. The van der Waals surface area contributed by atoms with E-state index >= 15 is 0 Å². The van der Waals surface area contributed by atoms with Crippen molar-refractivity contribution in [3.8, 4) is 0 Å². The first kappa shape index (κ1) is 19.6. The van der Waals surface area contributed by atoms with E-state index in [1.807, 2.05) is 49.0 Å². The quantitative estimate of drug-likeness (QED) is 0.538. The van der Waals surface area contributed by atoms with Crippen LogP contribution in [0.25, 0.3) is 0 Å². The van der Waals surface area contributed by atoms with Crippen molar-refractivity contribution in [1.29, 1.82) is 0 Å². The SMILES string of the molecule is CN(C)CCn1c2c(c(SCC(=O)N(C)c3ccccc3)nc1=O)CCC2. The average molecular weight is 387 g/mol. The fourth-order valence-corrected chi connectivity index (χ4v) is 4.25. The highest BCUT2D eigenvalue weighted by atomic mass is 32.2. The molecule has 7 heteroatoms. The van der Waals surface area contributed by atoms with E-state index in [2.05, 4.69) is 9.88 Å². The number of carbonyl (C=O) groups is 1. The van der Waals surface area contributed by atoms with Crippen molar-refractivity contribution in [2.45, 2.75) is 30.8 Å². The van der Waals surface area contributed by atoms with Gasteiger partial charge >= 0.3 is 5.69 Å². The molecule has 0 fully saturated rings. The summed E-state index contributed by atoms with van der Waals surface area (Å²) in [6.07, 6.45) is 2.87. The summed E-state index contributed by atoms with van der Waals surface area (Å²) in [6.45, 7) is 1.46. The molecule has 6 nitrogen and oxygen atoms in total. The standard InChI is InChI=1S/C20H26N4O2S/c1-22(2)12-13-24-17-11-7-10-16(17)19(21-20(24)26)27-14-18(25)23(3)15-8-5-4-6-9-15/h4-6,8-9H,7,10-14H2,1-3H3. The van der Waals surface area contributed by atoms with E-state index in [9.17, 15) is 9.59 Å². The van der Waals surface area contributed by atoms with E-state index in [-0.39, 0.29) is 17.3 Å². The van der Waals surface area contributed by atoms with Crippen molar-refractivity contribution in [3.63, 3.8) is 0 Å². The fourth-order valence-electron chi connectivity index (χ4n) is 3.26. The van der Waals surface area contributed by atoms with Crippen molar-refractivity contribution in [2.24, 2.45) is 0 Å². The second kappa shape index (κ2) is 8.71. The van der Waals surface area contributed by atoms with Crippen LogP contribution >= 0.6 is 11.8 Å². The normalized spacial score (nSPS) is 13.0. The molecule has 0 N–H and O–H groups in total. The molecule has 27 heavy (non-hydrogen) atoms. The van der Waals surface area contributed by atoms with E-state index in [4.69, 9.17) is 0 Å². The Labute approximate surface area is 164 Å². The topological polar surface area (TPSA) is 58.4 Å². The predicted octanol–water partition coefficient (Wildman–Crippen LogP) is 2.05. The molecule has 0 saturated carbocycles. The van der Waals surface area contributed by atoms with Gasteiger partial charge in [-0.15, -0.1) is 0 Å². The van der Waals surface area contributed by atoms with Crippen molar-refractivity contribution in [2.75, 3.05) is 38.3 Å². The Hall–Kier alpha value is -2.12. The summed E-state index contributed by atoms with van der Waals surface area (Å²) in [5, 5.41) is 0.725. The van der Waals surface area contributed by atoms with Gasteiger partial charge in [0.25, 0.3) is 0 Å². The molecule has 0 unspecified atom stereocenters. The van der Waals surface area contributed by atoms with Gasteiger partial charge in [-0.3, -0.25) is 9.36 Å². The number of fused-ring (bicyclic) bond motifs is 1. The van der Waals surface area contributed by atoms with Gasteiger partial charge in [0, 0.05) is 37.1 Å². The van der Waals surface area contributed by atoms with E-state index in [1.165, 1.54) is 11.8 Å².